The third kappa shape index (κ3) is 4.51. The van der Waals surface area contributed by atoms with Gasteiger partial charge < -0.3 is 14.4 Å². The molecule has 28 heavy (non-hydrogen) atoms. The molecule has 0 spiro atoms. The van der Waals surface area contributed by atoms with Crippen LogP contribution in [0.25, 0.3) is 0 Å². The Kier molecular flexibility index (Phi) is 6.65. The number of carbonyl (C=O) groups is 1. The molecule has 1 aliphatic heterocycles. The standard InChI is InChI=1S/C20H21Cl2FN2O3/c1-27-18-4-3-13(9-19(18)28-2)12-24-5-7-25(8-6-24)20(26)14-10-17(23)16(22)11-15(14)21/h3-4,9-11H,5-8,12H2,1-2H3. The molecule has 0 aromatic heterocycles. The van der Waals surface area contributed by atoms with Gasteiger partial charge in [-0.3, -0.25) is 9.69 Å². The van der Waals surface area contributed by atoms with Crippen LogP contribution in [0.3, 0.4) is 0 Å². The van der Waals surface area contributed by atoms with Gasteiger partial charge in [-0.05, 0) is 29.8 Å². The molecule has 0 unspecified atom stereocenters. The molecule has 1 amide bonds. The summed E-state index contributed by atoms with van der Waals surface area (Å²) in [6.07, 6.45) is 0. The second-order valence-corrected chi connectivity index (χ2v) is 7.32. The minimum Gasteiger partial charge on any atom is -0.493 e. The van der Waals surface area contributed by atoms with Crippen LogP contribution in [0.1, 0.15) is 15.9 Å². The Morgan fingerprint density at radius 1 is 1.00 bits per heavy atom. The molecule has 3 rings (SSSR count). The summed E-state index contributed by atoms with van der Waals surface area (Å²) in [5.74, 6) is 0.440. The van der Waals surface area contributed by atoms with Gasteiger partial charge in [0.15, 0.2) is 11.5 Å². The number of carbonyl (C=O) groups excluding carboxylic acids is 1. The van der Waals surface area contributed by atoms with E-state index in [-0.39, 0.29) is 21.5 Å². The lowest BCUT2D eigenvalue weighted by atomic mass is 10.1. The fraction of sp³-hybridized carbons (Fsp3) is 0.350. The van der Waals surface area contributed by atoms with Gasteiger partial charge in [-0.15, -0.1) is 0 Å². The normalized spacial score (nSPS) is 14.8. The van der Waals surface area contributed by atoms with Crippen LogP contribution in [0.15, 0.2) is 30.3 Å². The van der Waals surface area contributed by atoms with Gasteiger partial charge in [0.1, 0.15) is 5.82 Å². The van der Waals surface area contributed by atoms with Crippen molar-refractivity contribution >= 4 is 29.1 Å². The minimum atomic E-state index is -0.651. The molecule has 2 aromatic rings. The second-order valence-electron chi connectivity index (χ2n) is 6.50. The first kappa shape index (κ1) is 20.7. The number of rotatable bonds is 5. The van der Waals surface area contributed by atoms with Crippen molar-refractivity contribution in [1.29, 1.82) is 0 Å². The molecule has 0 bridgehead atoms. The molecule has 1 fully saturated rings. The molecule has 1 heterocycles. The predicted octanol–water partition coefficient (Wildman–Crippen LogP) is 4.11. The van der Waals surface area contributed by atoms with Gasteiger partial charge in [0.2, 0.25) is 0 Å². The van der Waals surface area contributed by atoms with E-state index in [2.05, 4.69) is 4.90 Å². The van der Waals surface area contributed by atoms with Crippen molar-refractivity contribution in [2.75, 3.05) is 40.4 Å². The average Bonchev–Trinajstić information content (AvgIpc) is 2.70. The molecule has 0 aliphatic carbocycles. The number of hydrogen-bond donors (Lipinski definition) is 0. The number of methoxy groups -OCH3 is 2. The molecule has 8 heteroatoms. The van der Waals surface area contributed by atoms with Crippen molar-refractivity contribution in [3.05, 3.63) is 57.3 Å². The SMILES string of the molecule is COc1ccc(CN2CCN(C(=O)c3cc(F)c(Cl)cc3Cl)CC2)cc1OC. The van der Waals surface area contributed by atoms with Crippen LogP contribution in [0.5, 0.6) is 11.5 Å². The monoisotopic (exact) mass is 426 g/mol. The molecule has 150 valence electrons. The third-order valence-corrected chi connectivity index (χ3v) is 5.36. The second kappa shape index (κ2) is 8.99. The lowest BCUT2D eigenvalue weighted by molar-refractivity contribution is 0.0628. The Morgan fingerprint density at radius 3 is 2.32 bits per heavy atom. The molecule has 0 N–H and O–H groups in total. The summed E-state index contributed by atoms with van der Waals surface area (Å²) in [6.45, 7) is 3.21. The number of nitrogens with zero attached hydrogens (tertiary/aromatic N) is 2. The number of amides is 1. The van der Waals surface area contributed by atoms with Crippen LogP contribution < -0.4 is 9.47 Å². The van der Waals surface area contributed by atoms with E-state index in [0.717, 1.165) is 18.2 Å². The Morgan fingerprint density at radius 2 is 1.68 bits per heavy atom. The predicted molar refractivity (Wildman–Crippen MR) is 107 cm³/mol. The molecule has 0 atom stereocenters. The minimum absolute atomic E-state index is 0.0960. The Bertz CT molecular complexity index is 871. The van der Waals surface area contributed by atoms with E-state index < -0.39 is 5.82 Å². The van der Waals surface area contributed by atoms with Crippen LogP contribution in [-0.4, -0.2) is 56.1 Å². The zero-order chi connectivity index (χ0) is 20.3. The van der Waals surface area contributed by atoms with Gasteiger partial charge in [0, 0.05) is 32.7 Å². The van der Waals surface area contributed by atoms with Gasteiger partial charge in [-0.1, -0.05) is 29.3 Å². The van der Waals surface area contributed by atoms with Crippen LogP contribution in [0.2, 0.25) is 10.0 Å². The maximum Gasteiger partial charge on any atom is 0.255 e. The summed E-state index contributed by atoms with van der Waals surface area (Å²) in [5.41, 5.74) is 1.23. The smallest absolute Gasteiger partial charge is 0.255 e. The van der Waals surface area contributed by atoms with E-state index in [4.69, 9.17) is 32.7 Å². The molecular formula is C20H21Cl2FN2O3. The summed E-state index contributed by atoms with van der Waals surface area (Å²) in [7, 11) is 3.21. The zero-order valence-corrected chi connectivity index (χ0v) is 17.2. The Hall–Kier alpha value is -2.02. The van der Waals surface area contributed by atoms with Crippen molar-refractivity contribution < 1.29 is 18.7 Å². The highest BCUT2D eigenvalue weighted by atomic mass is 35.5. The van der Waals surface area contributed by atoms with E-state index in [1.165, 1.54) is 6.07 Å². The molecular weight excluding hydrogens is 406 g/mol. The maximum atomic E-state index is 13.7. The summed E-state index contributed by atoms with van der Waals surface area (Å²) in [4.78, 5) is 16.6. The lowest BCUT2D eigenvalue weighted by Gasteiger charge is -2.35. The Balaban J connectivity index is 1.62. The number of ether oxygens (including phenoxy) is 2. The quantitative estimate of drug-likeness (QED) is 0.674. The van der Waals surface area contributed by atoms with Crippen LogP contribution in [0, 0.1) is 5.82 Å². The van der Waals surface area contributed by atoms with E-state index in [1.807, 2.05) is 18.2 Å². The van der Waals surface area contributed by atoms with E-state index in [1.54, 1.807) is 19.1 Å². The first-order chi connectivity index (χ1) is 13.4. The van der Waals surface area contributed by atoms with Crippen molar-refractivity contribution in [2.45, 2.75) is 6.54 Å². The lowest BCUT2D eigenvalue weighted by Crippen LogP contribution is -2.48. The van der Waals surface area contributed by atoms with Crippen LogP contribution in [0.4, 0.5) is 4.39 Å². The first-order valence-corrected chi connectivity index (χ1v) is 9.55. The summed E-state index contributed by atoms with van der Waals surface area (Å²) < 4.78 is 24.3. The van der Waals surface area contributed by atoms with Crippen molar-refractivity contribution in [1.82, 2.24) is 9.80 Å². The van der Waals surface area contributed by atoms with Crippen LogP contribution in [-0.2, 0) is 6.54 Å². The number of halogens is 3. The van der Waals surface area contributed by atoms with E-state index >= 15 is 0 Å². The van der Waals surface area contributed by atoms with Gasteiger partial charge >= 0.3 is 0 Å². The highest BCUT2D eigenvalue weighted by Gasteiger charge is 2.25. The number of benzene rings is 2. The first-order valence-electron chi connectivity index (χ1n) is 8.80. The topological polar surface area (TPSA) is 42.0 Å². The largest absolute Gasteiger partial charge is 0.493 e. The van der Waals surface area contributed by atoms with Gasteiger partial charge in [0.05, 0.1) is 29.8 Å². The molecule has 5 nitrogen and oxygen atoms in total. The highest BCUT2D eigenvalue weighted by molar-refractivity contribution is 6.36. The summed E-state index contributed by atoms with van der Waals surface area (Å²) in [6, 6.07) is 8.19. The molecule has 1 saturated heterocycles. The van der Waals surface area contributed by atoms with Gasteiger partial charge in [0.25, 0.3) is 5.91 Å². The number of piperazine rings is 1. The van der Waals surface area contributed by atoms with Crippen molar-refractivity contribution in [3.8, 4) is 11.5 Å². The average molecular weight is 427 g/mol. The summed E-state index contributed by atoms with van der Waals surface area (Å²) >= 11 is 11.8. The van der Waals surface area contributed by atoms with Crippen molar-refractivity contribution in [3.63, 3.8) is 0 Å². The fourth-order valence-corrected chi connectivity index (χ4v) is 3.67. The Labute approximate surface area is 173 Å². The summed E-state index contributed by atoms with van der Waals surface area (Å²) in [5, 5.41) is 0.0606. The van der Waals surface area contributed by atoms with Gasteiger partial charge in [-0.2, -0.15) is 0 Å². The van der Waals surface area contributed by atoms with Gasteiger partial charge in [-0.25, -0.2) is 4.39 Å². The van der Waals surface area contributed by atoms with Crippen molar-refractivity contribution in [2.24, 2.45) is 0 Å². The zero-order valence-electron chi connectivity index (χ0n) is 15.7. The highest BCUT2D eigenvalue weighted by Crippen LogP contribution is 2.29. The fourth-order valence-electron chi connectivity index (χ4n) is 3.20. The third-order valence-electron chi connectivity index (χ3n) is 4.75. The number of hydrogen-bond acceptors (Lipinski definition) is 4. The molecule has 0 radical (unpaired) electrons. The maximum absolute atomic E-state index is 13.7. The molecule has 1 aliphatic rings. The molecule has 0 saturated carbocycles. The van der Waals surface area contributed by atoms with Crippen LogP contribution >= 0.6 is 23.2 Å². The molecule has 2 aromatic carbocycles. The van der Waals surface area contributed by atoms with E-state index in [9.17, 15) is 9.18 Å². The van der Waals surface area contributed by atoms with E-state index in [0.29, 0.717) is 37.7 Å².